The first-order valence-electron chi connectivity index (χ1n) is 13.6. The van der Waals surface area contributed by atoms with Crippen molar-refractivity contribution in [2.45, 2.75) is 45.6 Å². The molecule has 0 fully saturated rings. The fourth-order valence-electron chi connectivity index (χ4n) is 4.70. The van der Waals surface area contributed by atoms with Gasteiger partial charge in [0.25, 0.3) is 0 Å². The van der Waals surface area contributed by atoms with Crippen molar-refractivity contribution in [1.82, 2.24) is 4.57 Å². The average molecular weight is 576 g/mol. The Morgan fingerprint density at radius 3 is 2.37 bits per heavy atom. The Bertz CT molecular complexity index is 1520. The second kappa shape index (κ2) is 14.4. The monoisotopic (exact) mass is 575 g/mol. The number of hydrogen-bond donors (Lipinski definition) is 2. The number of aryl methyl sites for hydroxylation is 2. The van der Waals surface area contributed by atoms with Gasteiger partial charge in [0, 0.05) is 35.1 Å². The summed E-state index contributed by atoms with van der Waals surface area (Å²) in [4.78, 5) is 22.5. The summed E-state index contributed by atoms with van der Waals surface area (Å²) in [6.45, 7) is 3.69. The van der Waals surface area contributed by atoms with Crippen molar-refractivity contribution >= 4 is 46.6 Å². The molecule has 2 N–H and O–H groups in total. The number of ether oxygens (including phenoxy) is 2. The fraction of sp³-hybridized carbons (Fsp3) is 0.273. The van der Waals surface area contributed by atoms with Gasteiger partial charge in [-0.1, -0.05) is 48.0 Å². The summed E-state index contributed by atoms with van der Waals surface area (Å²) in [7, 11) is 0. The van der Waals surface area contributed by atoms with Crippen LogP contribution in [0.1, 0.15) is 47.9 Å². The van der Waals surface area contributed by atoms with Crippen LogP contribution in [0, 0.1) is 6.92 Å². The average Bonchev–Trinajstić information content (AvgIpc) is 3.28. The van der Waals surface area contributed by atoms with Crippen molar-refractivity contribution < 1.29 is 29.3 Å². The number of aromatic nitrogens is 1. The summed E-state index contributed by atoms with van der Waals surface area (Å²) in [5, 5.41) is 20.0. The lowest BCUT2D eigenvalue weighted by Gasteiger charge is -2.10. The minimum atomic E-state index is -0.909. The Morgan fingerprint density at radius 2 is 1.66 bits per heavy atom. The van der Waals surface area contributed by atoms with Crippen LogP contribution in [0.3, 0.4) is 0 Å². The molecule has 0 saturated carbocycles. The molecule has 1 heterocycles. The Hall–Kier alpha value is -4.23. The second-order valence-electron chi connectivity index (χ2n) is 9.87. The largest absolute Gasteiger partial charge is 0.494 e. The van der Waals surface area contributed by atoms with Crippen LogP contribution < -0.4 is 9.47 Å². The maximum Gasteiger partial charge on any atom is 0.307 e. The normalized spacial score (nSPS) is 11.3. The van der Waals surface area contributed by atoms with E-state index in [1.54, 1.807) is 0 Å². The van der Waals surface area contributed by atoms with Gasteiger partial charge in [0.05, 0.1) is 19.6 Å². The first-order chi connectivity index (χ1) is 19.8. The third-order valence-electron chi connectivity index (χ3n) is 6.69. The molecule has 0 unspecified atom stereocenters. The second-order valence-corrected chi connectivity index (χ2v) is 10.3. The minimum Gasteiger partial charge on any atom is -0.494 e. The van der Waals surface area contributed by atoms with Crippen molar-refractivity contribution in [3.8, 4) is 11.5 Å². The number of rotatable bonds is 15. The highest BCUT2D eigenvalue weighted by Gasteiger charge is 2.14. The Labute approximate surface area is 244 Å². The summed E-state index contributed by atoms with van der Waals surface area (Å²) >= 11 is 5.99. The zero-order valence-electron chi connectivity index (χ0n) is 23.0. The molecule has 0 bridgehead atoms. The molecule has 0 amide bonds. The van der Waals surface area contributed by atoms with Crippen LogP contribution in [-0.4, -0.2) is 39.9 Å². The molecule has 0 spiro atoms. The maximum atomic E-state index is 11.5. The van der Waals surface area contributed by atoms with Gasteiger partial charge in [0.2, 0.25) is 0 Å². The van der Waals surface area contributed by atoms with E-state index in [4.69, 9.17) is 26.2 Å². The highest BCUT2D eigenvalue weighted by molar-refractivity contribution is 6.30. The smallest absolute Gasteiger partial charge is 0.307 e. The first-order valence-corrected chi connectivity index (χ1v) is 14.0. The highest BCUT2D eigenvalue weighted by atomic mass is 35.5. The summed E-state index contributed by atoms with van der Waals surface area (Å²) < 4.78 is 13.7. The number of carboxylic acid groups (broad SMARTS) is 2. The molecule has 3 aromatic carbocycles. The van der Waals surface area contributed by atoms with E-state index in [-0.39, 0.29) is 12.8 Å². The Kier molecular flexibility index (Phi) is 10.5. The predicted molar refractivity (Wildman–Crippen MR) is 162 cm³/mol. The number of benzene rings is 3. The lowest BCUT2D eigenvalue weighted by atomic mass is 10.0. The molecule has 41 heavy (non-hydrogen) atoms. The molecule has 0 atom stereocenters. The van der Waals surface area contributed by atoms with E-state index in [2.05, 4.69) is 0 Å². The Balaban J connectivity index is 1.33. The summed E-state index contributed by atoms with van der Waals surface area (Å²) in [6.07, 6.45) is 7.96. The molecule has 7 nitrogen and oxygen atoms in total. The van der Waals surface area contributed by atoms with Gasteiger partial charge in [0.15, 0.2) is 0 Å². The van der Waals surface area contributed by atoms with Crippen LogP contribution in [0.2, 0.25) is 5.02 Å². The van der Waals surface area contributed by atoms with Gasteiger partial charge < -0.3 is 24.3 Å². The number of hydrogen-bond acceptors (Lipinski definition) is 4. The molecular weight excluding hydrogens is 542 g/mol. The molecule has 8 heteroatoms. The van der Waals surface area contributed by atoms with E-state index in [9.17, 15) is 14.7 Å². The summed E-state index contributed by atoms with van der Waals surface area (Å²) in [5.74, 6) is -0.113. The van der Waals surface area contributed by atoms with Gasteiger partial charge >= 0.3 is 11.9 Å². The number of halogens is 1. The van der Waals surface area contributed by atoms with Gasteiger partial charge in [-0.05, 0) is 84.8 Å². The number of aliphatic carboxylic acids is 2. The minimum absolute atomic E-state index is 0.0612. The quantitative estimate of drug-likeness (QED) is 0.112. The van der Waals surface area contributed by atoms with Gasteiger partial charge in [-0.15, -0.1) is 0 Å². The number of carboxylic acids is 2. The lowest BCUT2D eigenvalue weighted by molar-refractivity contribution is -0.137. The van der Waals surface area contributed by atoms with E-state index in [0.29, 0.717) is 36.8 Å². The zero-order chi connectivity index (χ0) is 29.2. The lowest BCUT2D eigenvalue weighted by Crippen LogP contribution is -2.03. The van der Waals surface area contributed by atoms with Crippen LogP contribution in [0.4, 0.5) is 0 Å². The summed E-state index contributed by atoms with van der Waals surface area (Å²) in [6, 6.07) is 19.3. The molecule has 1 aromatic heterocycles. The van der Waals surface area contributed by atoms with Crippen molar-refractivity contribution in [2.24, 2.45) is 0 Å². The number of nitrogens with zero attached hydrogens (tertiary/aromatic N) is 1. The van der Waals surface area contributed by atoms with E-state index in [0.717, 1.165) is 51.9 Å². The van der Waals surface area contributed by atoms with Gasteiger partial charge in [0.1, 0.15) is 11.5 Å². The molecule has 0 aliphatic heterocycles. The van der Waals surface area contributed by atoms with Gasteiger partial charge in [-0.25, -0.2) is 0 Å². The number of unbranched alkanes of at least 4 members (excludes halogenated alkanes) is 1. The van der Waals surface area contributed by atoms with Crippen LogP contribution in [0.25, 0.3) is 23.1 Å². The maximum absolute atomic E-state index is 11.5. The van der Waals surface area contributed by atoms with Crippen LogP contribution in [0.5, 0.6) is 11.5 Å². The molecule has 4 aromatic rings. The van der Waals surface area contributed by atoms with Crippen LogP contribution in [-0.2, 0) is 22.6 Å². The van der Waals surface area contributed by atoms with E-state index < -0.39 is 11.9 Å². The van der Waals surface area contributed by atoms with Crippen molar-refractivity contribution in [3.63, 3.8) is 0 Å². The molecule has 4 rings (SSSR count). The number of carbonyl (C=O) groups is 2. The van der Waals surface area contributed by atoms with Crippen LogP contribution in [0.15, 0.2) is 66.9 Å². The molecular formula is C33H34ClNO6. The molecule has 0 radical (unpaired) electrons. The molecule has 0 aliphatic rings. The molecule has 0 saturated heterocycles. The third-order valence-corrected chi connectivity index (χ3v) is 6.92. The van der Waals surface area contributed by atoms with Gasteiger partial charge in [-0.2, -0.15) is 0 Å². The number of fused-ring (bicyclic) bond motifs is 1. The topological polar surface area (TPSA) is 98.0 Å². The van der Waals surface area contributed by atoms with E-state index >= 15 is 0 Å². The standard InChI is InChI=1S/C33H34ClNO6/c1-23-20-27(34)13-16-30(23)41-19-3-2-18-40-28-14-10-24(11-15-28)9-12-25-6-4-7-29-33(25)26(21-32(38)39)22-35(29)17-5-8-31(36)37/h4,6-7,9-16,20,22H,2-3,5,8,17-19,21H2,1H3,(H,36,37)(H,38,39)/b12-9+. The highest BCUT2D eigenvalue weighted by Crippen LogP contribution is 2.28. The molecule has 0 aliphatic carbocycles. The van der Waals surface area contributed by atoms with Crippen molar-refractivity contribution in [3.05, 3.63) is 94.1 Å². The van der Waals surface area contributed by atoms with Gasteiger partial charge in [-0.3, -0.25) is 9.59 Å². The van der Waals surface area contributed by atoms with E-state index in [1.807, 2.05) is 90.5 Å². The fourth-order valence-corrected chi connectivity index (χ4v) is 4.93. The zero-order valence-corrected chi connectivity index (χ0v) is 23.8. The summed E-state index contributed by atoms with van der Waals surface area (Å²) in [5.41, 5.74) is 4.52. The predicted octanol–water partition coefficient (Wildman–Crippen LogP) is 7.50. The van der Waals surface area contributed by atoms with Crippen molar-refractivity contribution in [1.29, 1.82) is 0 Å². The van der Waals surface area contributed by atoms with Crippen molar-refractivity contribution in [2.75, 3.05) is 13.2 Å². The van der Waals surface area contributed by atoms with Crippen LogP contribution >= 0.6 is 11.6 Å². The van der Waals surface area contributed by atoms with E-state index in [1.165, 1.54) is 0 Å². The first kappa shape index (κ1) is 29.7. The SMILES string of the molecule is Cc1cc(Cl)ccc1OCCCCOc1ccc(/C=C/c2cccc3c2c(CC(=O)O)cn3CCCC(=O)O)cc1. The Morgan fingerprint density at radius 1 is 0.902 bits per heavy atom. The third kappa shape index (κ3) is 8.63. The molecule has 214 valence electrons.